The molecule has 0 saturated carbocycles. The van der Waals surface area contributed by atoms with Crippen LogP contribution in [0.4, 0.5) is 0 Å². The lowest BCUT2D eigenvalue weighted by atomic mass is 9.75. The lowest BCUT2D eigenvalue weighted by Crippen LogP contribution is -2.28. The van der Waals surface area contributed by atoms with E-state index in [0.717, 1.165) is 29.3 Å². The average molecular weight is 612 g/mol. The van der Waals surface area contributed by atoms with Crippen molar-refractivity contribution >= 4 is 0 Å². The zero-order chi connectivity index (χ0) is 33.7. The molecular weight excluding hydrogens is 558 g/mol. The molecule has 3 heteroatoms. The molecule has 46 heavy (non-hydrogen) atoms. The first-order valence-electron chi connectivity index (χ1n) is 16.7. The predicted molar refractivity (Wildman–Crippen MR) is 197 cm³/mol. The van der Waals surface area contributed by atoms with E-state index in [9.17, 15) is 0 Å². The van der Waals surface area contributed by atoms with Gasteiger partial charge in [-0.2, -0.15) is 0 Å². The smallest absolute Gasteiger partial charge is 0.168 e. The topological polar surface area (TPSA) is 30.7 Å². The molecule has 0 spiro atoms. The van der Waals surface area contributed by atoms with Gasteiger partial charge in [0.15, 0.2) is 5.82 Å². The predicted octanol–water partition coefficient (Wildman–Crippen LogP) is 11.9. The van der Waals surface area contributed by atoms with Crippen LogP contribution in [-0.2, 0) is 16.2 Å². The third kappa shape index (κ3) is 7.20. The van der Waals surface area contributed by atoms with Crippen molar-refractivity contribution in [2.24, 2.45) is 5.41 Å². The Morgan fingerprint density at radius 3 is 1.65 bits per heavy atom. The molecule has 3 nitrogen and oxygen atoms in total. The van der Waals surface area contributed by atoms with Crippen LogP contribution in [0, 0.1) is 12.3 Å². The molecule has 0 saturated heterocycles. The SMILES string of the molecule is Cc1cc(-c2cc(C(C)(C)C)cc(C(C)(C)C)c2)ccc1-n1c(-c2cccc(-c3ccccc3)c2)nnc1C(C)(C)CC(C)(C)C. The van der Waals surface area contributed by atoms with Gasteiger partial charge in [-0.15, -0.1) is 10.2 Å². The van der Waals surface area contributed by atoms with E-state index in [0.29, 0.717) is 0 Å². The van der Waals surface area contributed by atoms with Crippen molar-refractivity contribution < 1.29 is 0 Å². The fraction of sp³-hybridized carbons (Fsp3) is 0.395. The summed E-state index contributed by atoms with van der Waals surface area (Å²) < 4.78 is 2.32. The summed E-state index contributed by atoms with van der Waals surface area (Å²) in [6, 6.07) is 33.3. The number of aromatic nitrogens is 3. The molecule has 4 aromatic carbocycles. The standard InChI is InChI=1S/C43H53N3/c1-29-23-32(34-25-35(41(5,6)7)27-36(26-34)42(8,9)10)21-22-37(29)46-38(44-45-39(46)43(11,12)28-40(2,3)4)33-20-16-19-31(24-33)30-17-14-13-15-18-30/h13-27H,28H2,1-12H3. The van der Waals surface area contributed by atoms with E-state index >= 15 is 0 Å². The first-order valence-corrected chi connectivity index (χ1v) is 16.7. The lowest BCUT2D eigenvalue weighted by molar-refractivity contribution is 0.272. The molecule has 0 bridgehead atoms. The van der Waals surface area contributed by atoms with Gasteiger partial charge in [0.05, 0.1) is 5.69 Å². The summed E-state index contributed by atoms with van der Waals surface area (Å²) in [5.74, 6) is 1.86. The Morgan fingerprint density at radius 2 is 1.09 bits per heavy atom. The molecule has 0 unspecified atom stereocenters. The van der Waals surface area contributed by atoms with Crippen LogP contribution in [0.15, 0.2) is 91.0 Å². The molecule has 0 radical (unpaired) electrons. The molecule has 0 aliphatic heterocycles. The Labute approximate surface area is 278 Å². The highest BCUT2D eigenvalue weighted by Gasteiger charge is 2.34. The summed E-state index contributed by atoms with van der Waals surface area (Å²) in [7, 11) is 0. The van der Waals surface area contributed by atoms with Crippen molar-refractivity contribution in [3.8, 4) is 39.3 Å². The second-order valence-electron chi connectivity index (χ2n) is 17.1. The van der Waals surface area contributed by atoms with Gasteiger partial charge in [0.1, 0.15) is 5.82 Å². The van der Waals surface area contributed by atoms with Crippen LogP contribution in [0.3, 0.4) is 0 Å². The first kappa shape index (κ1) is 33.4. The van der Waals surface area contributed by atoms with Crippen LogP contribution in [-0.4, -0.2) is 14.8 Å². The minimum atomic E-state index is -0.200. The quantitative estimate of drug-likeness (QED) is 0.191. The molecule has 0 N–H and O–H groups in total. The monoisotopic (exact) mass is 611 g/mol. The molecule has 0 atom stereocenters. The lowest BCUT2D eigenvalue weighted by Gasteiger charge is -2.32. The van der Waals surface area contributed by atoms with Gasteiger partial charge in [-0.25, -0.2) is 0 Å². The van der Waals surface area contributed by atoms with Gasteiger partial charge in [0.2, 0.25) is 0 Å². The van der Waals surface area contributed by atoms with E-state index in [2.05, 4.69) is 179 Å². The van der Waals surface area contributed by atoms with Gasteiger partial charge in [-0.3, -0.25) is 4.57 Å². The molecule has 0 aliphatic carbocycles. The van der Waals surface area contributed by atoms with Crippen LogP contribution in [0.5, 0.6) is 0 Å². The number of aryl methyl sites for hydroxylation is 1. The second kappa shape index (κ2) is 12.0. The van der Waals surface area contributed by atoms with Gasteiger partial charge < -0.3 is 0 Å². The minimum absolute atomic E-state index is 0.0597. The van der Waals surface area contributed by atoms with E-state index in [4.69, 9.17) is 10.2 Å². The molecule has 1 aromatic heterocycles. The maximum Gasteiger partial charge on any atom is 0.168 e. The molecule has 0 aliphatic rings. The van der Waals surface area contributed by atoms with Crippen molar-refractivity contribution in [2.75, 3.05) is 0 Å². The maximum atomic E-state index is 4.94. The highest BCUT2D eigenvalue weighted by atomic mass is 15.3. The molecular formula is C43H53N3. The van der Waals surface area contributed by atoms with Crippen molar-refractivity contribution in [1.29, 1.82) is 0 Å². The Kier molecular flexibility index (Phi) is 8.70. The van der Waals surface area contributed by atoms with E-state index in [1.54, 1.807) is 0 Å². The van der Waals surface area contributed by atoms with E-state index in [-0.39, 0.29) is 21.7 Å². The van der Waals surface area contributed by atoms with Gasteiger partial charge in [-0.1, -0.05) is 149 Å². The first-order chi connectivity index (χ1) is 21.3. The summed E-state index contributed by atoms with van der Waals surface area (Å²) in [4.78, 5) is 0. The van der Waals surface area contributed by atoms with Crippen molar-refractivity contribution in [3.05, 3.63) is 114 Å². The maximum absolute atomic E-state index is 4.94. The van der Waals surface area contributed by atoms with Gasteiger partial charge in [-0.05, 0) is 86.7 Å². The third-order valence-electron chi connectivity index (χ3n) is 8.90. The third-order valence-corrected chi connectivity index (χ3v) is 8.90. The number of hydrogen-bond donors (Lipinski definition) is 0. The van der Waals surface area contributed by atoms with Crippen LogP contribution < -0.4 is 0 Å². The van der Waals surface area contributed by atoms with E-state index in [1.165, 1.54) is 38.9 Å². The van der Waals surface area contributed by atoms with Crippen molar-refractivity contribution in [2.45, 2.75) is 106 Å². The number of rotatable bonds is 6. The zero-order valence-corrected chi connectivity index (χ0v) is 30.2. The zero-order valence-electron chi connectivity index (χ0n) is 30.2. The highest BCUT2D eigenvalue weighted by Crippen LogP contribution is 2.40. The second-order valence-corrected chi connectivity index (χ2v) is 17.1. The molecule has 1 heterocycles. The fourth-order valence-corrected chi connectivity index (χ4v) is 6.76. The fourth-order valence-electron chi connectivity index (χ4n) is 6.76. The average Bonchev–Trinajstić information content (AvgIpc) is 3.41. The summed E-state index contributed by atoms with van der Waals surface area (Å²) in [5.41, 5.74) is 11.0. The Bertz CT molecular complexity index is 1800. The van der Waals surface area contributed by atoms with E-state index in [1.807, 2.05) is 0 Å². The van der Waals surface area contributed by atoms with Crippen LogP contribution >= 0.6 is 0 Å². The highest BCUT2D eigenvalue weighted by molar-refractivity contribution is 5.73. The van der Waals surface area contributed by atoms with Crippen molar-refractivity contribution in [1.82, 2.24) is 14.8 Å². The summed E-state index contributed by atoms with van der Waals surface area (Å²) in [6.45, 7) is 27.5. The van der Waals surface area contributed by atoms with E-state index < -0.39 is 0 Å². The van der Waals surface area contributed by atoms with Gasteiger partial charge >= 0.3 is 0 Å². The molecule has 5 aromatic rings. The Morgan fingerprint density at radius 1 is 0.522 bits per heavy atom. The molecule has 5 rings (SSSR count). The molecule has 240 valence electrons. The summed E-state index contributed by atoms with van der Waals surface area (Å²) >= 11 is 0. The van der Waals surface area contributed by atoms with Crippen LogP contribution in [0.1, 0.15) is 105 Å². The number of nitrogens with zero attached hydrogens (tertiary/aromatic N) is 3. The normalized spacial score (nSPS) is 12.9. The number of benzene rings is 4. The van der Waals surface area contributed by atoms with Gasteiger partial charge in [0, 0.05) is 11.0 Å². The number of hydrogen-bond acceptors (Lipinski definition) is 2. The van der Waals surface area contributed by atoms with Gasteiger partial charge in [0.25, 0.3) is 0 Å². The van der Waals surface area contributed by atoms with Crippen LogP contribution in [0.2, 0.25) is 0 Å². The van der Waals surface area contributed by atoms with Crippen molar-refractivity contribution in [3.63, 3.8) is 0 Å². The summed E-state index contributed by atoms with van der Waals surface area (Å²) in [6.07, 6.45) is 0.981. The largest absolute Gasteiger partial charge is 0.278 e. The molecule has 0 amide bonds. The Hall–Kier alpha value is -3.98. The Balaban J connectivity index is 1.69. The summed E-state index contributed by atoms with van der Waals surface area (Å²) in [5, 5.41) is 9.84. The minimum Gasteiger partial charge on any atom is -0.278 e. The van der Waals surface area contributed by atoms with Crippen LogP contribution in [0.25, 0.3) is 39.3 Å². The molecule has 0 fully saturated rings.